The largest absolute Gasteiger partial charge is 0.396 e. The van der Waals surface area contributed by atoms with Gasteiger partial charge in [-0.15, -0.1) is 0 Å². The van der Waals surface area contributed by atoms with Gasteiger partial charge in [0.2, 0.25) is 0 Å². The van der Waals surface area contributed by atoms with Crippen LogP contribution in [0.4, 0.5) is 28.9 Å². The molecule has 18 heavy (non-hydrogen) atoms. The molecule has 2 rings (SSSR count). The molecule has 0 aliphatic heterocycles. The van der Waals surface area contributed by atoms with E-state index < -0.39 is 23.3 Å². The number of hydrogen-bond acceptors (Lipinski definition) is 2. The number of rotatable bonds is 0. The third-order valence-electron chi connectivity index (χ3n) is 1.92. The quantitative estimate of drug-likeness (QED) is 0.563. The van der Waals surface area contributed by atoms with Crippen molar-refractivity contribution in [1.29, 1.82) is 0 Å². The zero-order chi connectivity index (χ0) is 13.7. The molecule has 2 aromatic rings. The van der Waals surface area contributed by atoms with Crippen LogP contribution in [0.3, 0.4) is 0 Å². The number of anilines is 2. The molecule has 0 radical (unpaired) electrons. The van der Waals surface area contributed by atoms with Crippen molar-refractivity contribution >= 4 is 11.4 Å². The van der Waals surface area contributed by atoms with Gasteiger partial charge in [0, 0.05) is 0 Å². The van der Waals surface area contributed by atoms with Gasteiger partial charge >= 0.3 is 0 Å². The fourth-order valence-corrected chi connectivity index (χ4v) is 1.03. The molecule has 0 saturated carbocycles. The number of nitrogen functional groups attached to an aromatic ring is 2. The zero-order valence-electron chi connectivity index (χ0n) is 9.13. The Bertz CT molecular complexity index is 494. The summed E-state index contributed by atoms with van der Waals surface area (Å²) in [6, 6.07) is 5.90. The second-order valence-corrected chi connectivity index (χ2v) is 3.33. The standard InChI is InChI=1S/2C6H5F2N/c2*7-4-1-2-5(8)6(9)3-4/h2*1-3H,9H2. The van der Waals surface area contributed by atoms with Gasteiger partial charge in [-0.25, -0.2) is 17.6 Å². The van der Waals surface area contributed by atoms with Crippen molar-refractivity contribution in [2.45, 2.75) is 0 Å². The molecular weight excluding hydrogens is 248 g/mol. The topological polar surface area (TPSA) is 52.0 Å². The molecule has 0 bridgehead atoms. The lowest BCUT2D eigenvalue weighted by Crippen LogP contribution is -1.90. The Kier molecular flexibility index (Phi) is 4.53. The van der Waals surface area contributed by atoms with Gasteiger partial charge in [0.1, 0.15) is 23.3 Å². The van der Waals surface area contributed by atoms with E-state index in [4.69, 9.17) is 11.5 Å². The highest BCUT2D eigenvalue weighted by Crippen LogP contribution is 2.10. The van der Waals surface area contributed by atoms with Crippen molar-refractivity contribution in [3.63, 3.8) is 0 Å². The van der Waals surface area contributed by atoms with Crippen LogP contribution >= 0.6 is 0 Å². The van der Waals surface area contributed by atoms with Gasteiger partial charge in [0.25, 0.3) is 0 Å². The molecule has 0 spiro atoms. The average molecular weight is 258 g/mol. The fraction of sp³-hybridized carbons (Fsp3) is 0. The van der Waals surface area contributed by atoms with Gasteiger partial charge in [-0.3, -0.25) is 0 Å². The van der Waals surface area contributed by atoms with Crippen molar-refractivity contribution in [3.05, 3.63) is 59.7 Å². The molecule has 0 unspecified atom stereocenters. The molecule has 0 aromatic heterocycles. The minimum atomic E-state index is -0.587. The van der Waals surface area contributed by atoms with Crippen molar-refractivity contribution in [1.82, 2.24) is 0 Å². The first-order valence-corrected chi connectivity index (χ1v) is 4.81. The van der Waals surface area contributed by atoms with Crippen LogP contribution in [-0.2, 0) is 0 Å². The first-order chi connectivity index (χ1) is 8.40. The molecule has 0 aliphatic carbocycles. The van der Waals surface area contributed by atoms with Crippen molar-refractivity contribution in [2.24, 2.45) is 0 Å². The van der Waals surface area contributed by atoms with E-state index >= 15 is 0 Å². The molecule has 0 amide bonds. The summed E-state index contributed by atoms with van der Waals surface area (Å²) in [5, 5.41) is 0. The minimum absolute atomic E-state index is 0.157. The van der Waals surface area contributed by atoms with Gasteiger partial charge < -0.3 is 11.5 Å². The van der Waals surface area contributed by atoms with E-state index in [0.717, 1.165) is 36.4 Å². The predicted octanol–water partition coefficient (Wildman–Crippen LogP) is 3.09. The van der Waals surface area contributed by atoms with E-state index in [1.54, 1.807) is 0 Å². The second-order valence-electron chi connectivity index (χ2n) is 3.33. The molecule has 0 heterocycles. The second kappa shape index (κ2) is 5.90. The summed E-state index contributed by atoms with van der Waals surface area (Å²) in [6.45, 7) is 0. The smallest absolute Gasteiger partial charge is 0.146 e. The van der Waals surface area contributed by atoms with Crippen LogP contribution in [0.1, 0.15) is 0 Å². The molecule has 96 valence electrons. The third kappa shape index (κ3) is 3.97. The van der Waals surface area contributed by atoms with E-state index in [9.17, 15) is 17.6 Å². The Labute approximate surface area is 101 Å². The van der Waals surface area contributed by atoms with Crippen molar-refractivity contribution < 1.29 is 17.6 Å². The molecule has 0 saturated heterocycles. The minimum Gasteiger partial charge on any atom is -0.396 e. The van der Waals surface area contributed by atoms with Crippen LogP contribution < -0.4 is 11.5 Å². The lowest BCUT2D eigenvalue weighted by atomic mass is 10.3. The molecule has 0 aliphatic rings. The van der Waals surface area contributed by atoms with Crippen molar-refractivity contribution in [3.8, 4) is 0 Å². The van der Waals surface area contributed by atoms with Crippen LogP contribution in [0.2, 0.25) is 0 Å². The fourth-order valence-electron chi connectivity index (χ4n) is 1.03. The van der Waals surface area contributed by atoms with Gasteiger partial charge in [-0.2, -0.15) is 0 Å². The molecule has 6 heteroatoms. The number of hydrogen-bond donors (Lipinski definition) is 2. The number of halogens is 4. The maximum absolute atomic E-state index is 12.2. The van der Waals surface area contributed by atoms with E-state index in [0.29, 0.717) is 0 Å². The maximum Gasteiger partial charge on any atom is 0.146 e. The normalized spacial score (nSPS) is 9.56. The Balaban J connectivity index is 0.000000180. The molecule has 4 N–H and O–H groups in total. The van der Waals surface area contributed by atoms with Crippen LogP contribution in [0.25, 0.3) is 0 Å². The summed E-state index contributed by atoms with van der Waals surface area (Å²) >= 11 is 0. The Morgan fingerprint density at radius 1 is 0.611 bits per heavy atom. The Morgan fingerprint density at radius 3 is 1.17 bits per heavy atom. The summed E-state index contributed by atoms with van der Waals surface area (Å²) in [6.07, 6.45) is 0. The summed E-state index contributed by atoms with van der Waals surface area (Å²) < 4.78 is 48.6. The molecule has 0 atom stereocenters. The molecule has 2 aromatic carbocycles. The highest BCUT2D eigenvalue weighted by Gasteiger charge is 1.97. The summed E-state index contributed by atoms with van der Waals surface area (Å²) in [5.41, 5.74) is 9.70. The SMILES string of the molecule is Nc1cc(F)ccc1F.Nc1cc(F)ccc1F. The van der Waals surface area contributed by atoms with Crippen LogP contribution in [-0.4, -0.2) is 0 Å². The first-order valence-electron chi connectivity index (χ1n) is 4.81. The van der Waals surface area contributed by atoms with Crippen LogP contribution in [0.15, 0.2) is 36.4 Å². The Hall–Kier alpha value is -2.24. The summed E-state index contributed by atoms with van der Waals surface area (Å²) in [4.78, 5) is 0. The lowest BCUT2D eigenvalue weighted by Gasteiger charge is -1.92. The van der Waals surface area contributed by atoms with Crippen LogP contribution in [0, 0.1) is 23.3 Å². The van der Waals surface area contributed by atoms with E-state index in [1.165, 1.54) is 0 Å². The van der Waals surface area contributed by atoms with Crippen molar-refractivity contribution in [2.75, 3.05) is 11.5 Å². The number of benzene rings is 2. The monoisotopic (exact) mass is 258 g/mol. The third-order valence-corrected chi connectivity index (χ3v) is 1.92. The summed E-state index contributed by atoms with van der Waals surface area (Å²) in [5.74, 6) is -2.21. The van der Waals surface area contributed by atoms with E-state index in [2.05, 4.69) is 0 Å². The summed E-state index contributed by atoms with van der Waals surface area (Å²) in [7, 11) is 0. The van der Waals surface area contributed by atoms with E-state index in [1.807, 2.05) is 0 Å². The first kappa shape index (κ1) is 13.8. The lowest BCUT2D eigenvalue weighted by molar-refractivity contribution is 0.604. The van der Waals surface area contributed by atoms with Gasteiger partial charge in [-0.05, 0) is 36.4 Å². The highest BCUT2D eigenvalue weighted by molar-refractivity contribution is 5.39. The van der Waals surface area contributed by atoms with Gasteiger partial charge in [-0.1, -0.05) is 0 Å². The average Bonchev–Trinajstić information content (AvgIpc) is 2.30. The highest BCUT2D eigenvalue weighted by atomic mass is 19.1. The van der Waals surface area contributed by atoms with Gasteiger partial charge in [0.05, 0.1) is 11.4 Å². The van der Waals surface area contributed by atoms with Crippen LogP contribution in [0.5, 0.6) is 0 Å². The molecule has 2 nitrogen and oxygen atoms in total. The van der Waals surface area contributed by atoms with Gasteiger partial charge in [0.15, 0.2) is 0 Å². The predicted molar refractivity (Wildman–Crippen MR) is 61.5 cm³/mol. The maximum atomic E-state index is 12.2. The number of nitrogens with two attached hydrogens (primary N) is 2. The Morgan fingerprint density at radius 2 is 0.944 bits per heavy atom. The molecule has 0 fully saturated rings. The van der Waals surface area contributed by atoms with E-state index in [-0.39, 0.29) is 11.4 Å². The molecular formula is C12H10F4N2. The zero-order valence-corrected chi connectivity index (χ0v) is 9.13.